The number of halogens is 3. The van der Waals surface area contributed by atoms with Crippen molar-refractivity contribution in [3.8, 4) is 16.9 Å². The fourth-order valence-corrected chi connectivity index (χ4v) is 2.97. The molecule has 6 heteroatoms. The summed E-state index contributed by atoms with van der Waals surface area (Å²) in [7, 11) is 0. The Balaban J connectivity index is 1.82. The van der Waals surface area contributed by atoms with Crippen molar-refractivity contribution in [1.29, 1.82) is 0 Å². The van der Waals surface area contributed by atoms with Crippen molar-refractivity contribution in [2.24, 2.45) is 0 Å². The normalized spacial score (nSPS) is 11.3. The van der Waals surface area contributed by atoms with Crippen LogP contribution in [0.4, 0.5) is 13.2 Å². The third-order valence-electron chi connectivity index (χ3n) is 4.37. The quantitative estimate of drug-likeness (QED) is 0.560. The topological polar surface area (TPSA) is 46.5 Å². The highest BCUT2D eigenvalue weighted by Gasteiger charge is 2.30. The molecule has 0 aliphatic rings. The molecule has 0 fully saturated rings. The molecule has 0 aliphatic carbocycles. The van der Waals surface area contributed by atoms with Crippen LogP contribution in [-0.2, 0) is 23.8 Å². The van der Waals surface area contributed by atoms with E-state index in [4.69, 9.17) is 9.84 Å². The van der Waals surface area contributed by atoms with Gasteiger partial charge in [-0.15, -0.1) is 0 Å². The lowest BCUT2D eigenvalue weighted by atomic mass is 10.00. The smallest absolute Gasteiger partial charge is 0.416 e. The van der Waals surface area contributed by atoms with Gasteiger partial charge in [-0.1, -0.05) is 48.5 Å². The van der Waals surface area contributed by atoms with Crippen molar-refractivity contribution in [3.05, 3.63) is 89.5 Å². The summed E-state index contributed by atoms with van der Waals surface area (Å²) in [6, 6.07) is 19.5. The highest BCUT2D eigenvalue weighted by Crippen LogP contribution is 2.32. The van der Waals surface area contributed by atoms with Crippen LogP contribution in [0.25, 0.3) is 11.1 Å². The molecule has 3 aromatic rings. The Morgan fingerprint density at radius 3 is 2.17 bits per heavy atom. The number of carbonyl (C=O) groups is 1. The Bertz CT molecular complexity index is 965. The van der Waals surface area contributed by atoms with Crippen LogP contribution < -0.4 is 4.74 Å². The van der Waals surface area contributed by atoms with E-state index in [1.807, 2.05) is 30.3 Å². The van der Waals surface area contributed by atoms with Gasteiger partial charge >= 0.3 is 12.1 Å². The Hall–Kier alpha value is -3.28. The third-order valence-corrected chi connectivity index (χ3v) is 4.37. The van der Waals surface area contributed by atoms with Crippen molar-refractivity contribution in [2.45, 2.75) is 19.0 Å². The first-order valence-electron chi connectivity index (χ1n) is 9.01. The first kappa shape index (κ1) is 20.5. The van der Waals surface area contributed by atoms with Gasteiger partial charge in [-0.2, -0.15) is 13.2 Å². The van der Waals surface area contributed by atoms with Crippen LogP contribution in [0.2, 0.25) is 0 Å². The predicted octanol–water partition coefficient (Wildman–Crippen LogP) is 5.62. The number of carboxylic acids is 1. The number of hydrogen-bond donors (Lipinski definition) is 1. The number of alkyl halides is 3. The molecular weight excluding hydrogens is 381 g/mol. The Kier molecular flexibility index (Phi) is 6.22. The number of benzene rings is 3. The summed E-state index contributed by atoms with van der Waals surface area (Å²) in [5, 5.41) is 9.10. The van der Waals surface area contributed by atoms with Crippen LogP contribution in [0.3, 0.4) is 0 Å². The standard InChI is InChI=1S/C23H19F3O3/c24-23(25,26)20-8-6-18(7-9-20)19-12-17(14-22(27)28)13-21(15-19)29-11-10-16-4-2-1-3-5-16/h1-9,12-13,15H,10-11,14H2,(H,27,28). The van der Waals surface area contributed by atoms with Gasteiger partial charge in [0, 0.05) is 6.42 Å². The maximum atomic E-state index is 12.8. The maximum Gasteiger partial charge on any atom is 0.416 e. The minimum atomic E-state index is -4.41. The lowest BCUT2D eigenvalue weighted by Gasteiger charge is -2.12. The molecule has 3 nitrogen and oxygen atoms in total. The minimum Gasteiger partial charge on any atom is -0.493 e. The van der Waals surface area contributed by atoms with Gasteiger partial charge in [0.15, 0.2) is 0 Å². The van der Waals surface area contributed by atoms with Gasteiger partial charge < -0.3 is 9.84 Å². The van der Waals surface area contributed by atoms with E-state index in [0.717, 1.165) is 17.7 Å². The van der Waals surface area contributed by atoms with E-state index in [1.54, 1.807) is 18.2 Å². The van der Waals surface area contributed by atoms with E-state index >= 15 is 0 Å². The van der Waals surface area contributed by atoms with Gasteiger partial charge in [0.2, 0.25) is 0 Å². The van der Waals surface area contributed by atoms with E-state index in [1.165, 1.54) is 12.1 Å². The monoisotopic (exact) mass is 400 g/mol. The molecule has 1 N–H and O–H groups in total. The molecule has 3 rings (SSSR count). The van der Waals surface area contributed by atoms with Crippen molar-refractivity contribution in [2.75, 3.05) is 6.61 Å². The second-order valence-electron chi connectivity index (χ2n) is 6.60. The summed E-state index contributed by atoms with van der Waals surface area (Å²) >= 11 is 0. The summed E-state index contributed by atoms with van der Waals surface area (Å²) in [5.74, 6) is -0.514. The Morgan fingerprint density at radius 1 is 0.862 bits per heavy atom. The SMILES string of the molecule is O=C(O)Cc1cc(OCCc2ccccc2)cc(-c2ccc(C(F)(F)F)cc2)c1. The van der Waals surface area contributed by atoms with Crippen LogP contribution in [-0.4, -0.2) is 17.7 Å². The van der Waals surface area contributed by atoms with Gasteiger partial charge in [0.05, 0.1) is 18.6 Å². The van der Waals surface area contributed by atoms with E-state index < -0.39 is 17.7 Å². The summed E-state index contributed by atoms with van der Waals surface area (Å²) in [5.41, 5.74) is 2.05. The number of aliphatic carboxylic acids is 1. The highest BCUT2D eigenvalue weighted by atomic mass is 19.4. The largest absolute Gasteiger partial charge is 0.493 e. The molecule has 0 aromatic heterocycles. The average molecular weight is 400 g/mol. The van der Waals surface area contributed by atoms with E-state index in [9.17, 15) is 18.0 Å². The number of hydrogen-bond acceptors (Lipinski definition) is 2. The Morgan fingerprint density at radius 2 is 1.55 bits per heavy atom. The molecule has 0 bridgehead atoms. The van der Waals surface area contributed by atoms with Gasteiger partial charge in [0.1, 0.15) is 5.75 Å². The third kappa shape index (κ3) is 5.85. The zero-order valence-electron chi connectivity index (χ0n) is 15.4. The van der Waals surface area contributed by atoms with Gasteiger partial charge in [0.25, 0.3) is 0 Å². The van der Waals surface area contributed by atoms with E-state index in [0.29, 0.717) is 35.5 Å². The molecule has 3 aromatic carbocycles. The van der Waals surface area contributed by atoms with E-state index in [2.05, 4.69) is 0 Å². The highest BCUT2D eigenvalue weighted by molar-refractivity contribution is 5.73. The van der Waals surface area contributed by atoms with Crippen LogP contribution in [0, 0.1) is 0 Å². The van der Waals surface area contributed by atoms with Crippen molar-refractivity contribution in [1.82, 2.24) is 0 Å². The molecule has 0 heterocycles. The van der Waals surface area contributed by atoms with Crippen LogP contribution >= 0.6 is 0 Å². The molecule has 150 valence electrons. The van der Waals surface area contributed by atoms with E-state index in [-0.39, 0.29) is 6.42 Å². The van der Waals surface area contributed by atoms with Gasteiger partial charge in [-0.05, 0) is 46.5 Å². The van der Waals surface area contributed by atoms with Gasteiger partial charge in [-0.3, -0.25) is 4.79 Å². The molecular formula is C23H19F3O3. The second-order valence-corrected chi connectivity index (χ2v) is 6.60. The van der Waals surface area contributed by atoms with Crippen LogP contribution in [0.5, 0.6) is 5.75 Å². The lowest BCUT2D eigenvalue weighted by Crippen LogP contribution is -2.05. The molecule has 0 saturated heterocycles. The molecule has 0 saturated carbocycles. The van der Waals surface area contributed by atoms with Crippen molar-refractivity contribution in [3.63, 3.8) is 0 Å². The maximum absolute atomic E-state index is 12.8. The van der Waals surface area contributed by atoms with Gasteiger partial charge in [-0.25, -0.2) is 0 Å². The summed E-state index contributed by atoms with van der Waals surface area (Å²) in [6.45, 7) is 0.396. The fraction of sp³-hybridized carbons (Fsp3) is 0.174. The summed E-state index contributed by atoms with van der Waals surface area (Å²) in [4.78, 5) is 11.1. The average Bonchev–Trinajstić information content (AvgIpc) is 2.67. The number of ether oxygens (including phenoxy) is 1. The Labute approximate surface area is 166 Å². The van der Waals surface area contributed by atoms with Crippen LogP contribution in [0.1, 0.15) is 16.7 Å². The predicted molar refractivity (Wildman–Crippen MR) is 104 cm³/mol. The first-order chi connectivity index (χ1) is 13.8. The van der Waals surface area contributed by atoms with Crippen molar-refractivity contribution < 1.29 is 27.8 Å². The molecule has 29 heavy (non-hydrogen) atoms. The fourth-order valence-electron chi connectivity index (χ4n) is 2.97. The summed E-state index contributed by atoms with van der Waals surface area (Å²) in [6.07, 6.45) is -3.93. The minimum absolute atomic E-state index is 0.205. The molecule has 0 aliphatic heterocycles. The molecule has 0 atom stereocenters. The molecule has 0 radical (unpaired) electrons. The number of carboxylic acid groups (broad SMARTS) is 1. The first-order valence-corrected chi connectivity index (χ1v) is 9.01. The lowest BCUT2D eigenvalue weighted by molar-refractivity contribution is -0.138. The van der Waals surface area contributed by atoms with Crippen molar-refractivity contribution >= 4 is 5.97 Å². The number of rotatable bonds is 7. The zero-order chi connectivity index (χ0) is 20.9. The van der Waals surface area contributed by atoms with Crippen LogP contribution in [0.15, 0.2) is 72.8 Å². The summed E-state index contributed by atoms with van der Waals surface area (Å²) < 4.78 is 44.2. The molecule has 0 amide bonds. The zero-order valence-corrected chi connectivity index (χ0v) is 15.4. The molecule has 0 spiro atoms. The second kappa shape index (κ2) is 8.82. The molecule has 0 unspecified atom stereocenters.